The summed E-state index contributed by atoms with van der Waals surface area (Å²) in [5.41, 5.74) is 3.94. The molecule has 0 atom stereocenters. The fraction of sp³-hybridized carbons (Fsp3) is 0.130. The summed E-state index contributed by atoms with van der Waals surface area (Å²) in [7, 11) is 0. The molecule has 0 unspecified atom stereocenters. The molecule has 5 heteroatoms. The van der Waals surface area contributed by atoms with Crippen molar-refractivity contribution in [2.75, 3.05) is 0 Å². The average Bonchev–Trinajstić information content (AvgIpc) is 3.08. The monoisotopic (exact) mass is 411 g/mol. The predicted molar refractivity (Wildman–Crippen MR) is 114 cm³/mol. The highest BCUT2D eigenvalue weighted by Crippen LogP contribution is 2.32. The third-order valence-corrected chi connectivity index (χ3v) is 5.43. The Labute approximate surface area is 173 Å². The zero-order chi connectivity index (χ0) is 19.5. The van der Waals surface area contributed by atoms with Crippen LogP contribution in [0.25, 0.3) is 10.9 Å². The van der Waals surface area contributed by atoms with Crippen molar-refractivity contribution in [2.24, 2.45) is 0 Å². The Morgan fingerprint density at radius 3 is 2.43 bits per heavy atom. The van der Waals surface area contributed by atoms with E-state index in [0.29, 0.717) is 23.2 Å². The van der Waals surface area contributed by atoms with Crippen molar-refractivity contribution >= 4 is 34.1 Å². The molecule has 3 aromatic carbocycles. The number of nitrogens with zero attached hydrogens (tertiary/aromatic N) is 1. The summed E-state index contributed by atoms with van der Waals surface area (Å²) in [4.78, 5) is 0. The van der Waals surface area contributed by atoms with Gasteiger partial charge < -0.3 is 14.4 Å². The van der Waals surface area contributed by atoms with Gasteiger partial charge in [-0.15, -0.1) is 0 Å². The van der Waals surface area contributed by atoms with Crippen molar-refractivity contribution in [3.05, 3.63) is 99.7 Å². The van der Waals surface area contributed by atoms with Gasteiger partial charge in [0.1, 0.15) is 12.4 Å². The molecule has 4 aromatic rings. The molecule has 1 N–H and O–H groups in total. The molecule has 0 radical (unpaired) electrons. The summed E-state index contributed by atoms with van der Waals surface area (Å²) >= 11 is 12.2. The molecule has 1 aromatic heterocycles. The number of aliphatic hydroxyl groups excluding tert-OH is 1. The van der Waals surface area contributed by atoms with E-state index < -0.39 is 0 Å². The number of halogens is 2. The summed E-state index contributed by atoms with van der Waals surface area (Å²) < 4.78 is 8.22. The first-order valence-corrected chi connectivity index (χ1v) is 9.73. The number of para-hydroxylation sites is 1. The van der Waals surface area contributed by atoms with Crippen molar-refractivity contribution in [3.8, 4) is 5.75 Å². The highest BCUT2D eigenvalue weighted by atomic mass is 35.5. The van der Waals surface area contributed by atoms with E-state index >= 15 is 0 Å². The van der Waals surface area contributed by atoms with Crippen LogP contribution >= 0.6 is 23.2 Å². The normalized spacial score (nSPS) is 11.1. The van der Waals surface area contributed by atoms with E-state index in [4.69, 9.17) is 27.9 Å². The lowest BCUT2D eigenvalue weighted by Crippen LogP contribution is -2.01. The van der Waals surface area contributed by atoms with Crippen molar-refractivity contribution in [1.82, 2.24) is 4.57 Å². The molecule has 4 rings (SSSR count). The summed E-state index contributed by atoms with van der Waals surface area (Å²) in [6, 6.07) is 21.6. The van der Waals surface area contributed by atoms with Gasteiger partial charge in [-0.2, -0.15) is 0 Å². The Morgan fingerprint density at radius 2 is 1.68 bits per heavy atom. The van der Waals surface area contributed by atoms with Crippen molar-refractivity contribution in [2.45, 2.75) is 19.8 Å². The Kier molecular flexibility index (Phi) is 5.58. The molecule has 0 amide bonds. The average molecular weight is 412 g/mol. The molecule has 28 heavy (non-hydrogen) atoms. The van der Waals surface area contributed by atoms with Gasteiger partial charge >= 0.3 is 0 Å². The molecule has 0 aliphatic heterocycles. The zero-order valence-electron chi connectivity index (χ0n) is 15.1. The van der Waals surface area contributed by atoms with Crippen molar-refractivity contribution in [1.29, 1.82) is 0 Å². The molecule has 0 saturated carbocycles. The van der Waals surface area contributed by atoms with E-state index in [0.717, 1.165) is 33.3 Å². The summed E-state index contributed by atoms with van der Waals surface area (Å²) in [5.74, 6) is 0.779. The van der Waals surface area contributed by atoms with Crippen molar-refractivity contribution < 1.29 is 9.84 Å². The van der Waals surface area contributed by atoms with E-state index in [1.165, 1.54) is 0 Å². The maximum atomic E-state index is 9.80. The lowest BCUT2D eigenvalue weighted by Gasteiger charge is -2.12. The Bertz CT molecular complexity index is 1110. The van der Waals surface area contributed by atoms with Gasteiger partial charge in [0.05, 0.1) is 22.2 Å². The molecule has 3 nitrogen and oxygen atoms in total. The topological polar surface area (TPSA) is 34.4 Å². The second-order valence-corrected chi connectivity index (χ2v) is 7.43. The lowest BCUT2D eigenvalue weighted by atomic mass is 10.1. The second kappa shape index (κ2) is 8.27. The minimum atomic E-state index is -0.0347. The summed E-state index contributed by atoms with van der Waals surface area (Å²) in [5, 5.41) is 11.8. The van der Waals surface area contributed by atoms with Crippen LogP contribution in [0.15, 0.2) is 72.9 Å². The van der Waals surface area contributed by atoms with Crippen LogP contribution in [-0.4, -0.2) is 9.67 Å². The maximum absolute atomic E-state index is 9.80. The minimum absolute atomic E-state index is 0.0347. The second-order valence-electron chi connectivity index (χ2n) is 6.62. The molecule has 142 valence electrons. The Balaban J connectivity index is 1.72. The summed E-state index contributed by atoms with van der Waals surface area (Å²) in [6.45, 7) is 1.04. The van der Waals surface area contributed by atoms with Crippen LogP contribution in [0.2, 0.25) is 10.0 Å². The molecule has 0 aliphatic carbocycles. The number of hydrogen-bond donors (Lipinski definition) is 1. The standard InChI is InChI=1S/C23H19Cl2NO2/c24-20-10-9-17(11-21(20)25)12-26-13-18(14-27)19-7-4-8-22(23(19)26)28-15-16-5-2-1-3-6-16/h1-11,13,27H,12,14-15H2. The number of aliphatic hydroxyl groups is 1. The maximum Gasteiger partial charge on any atom is 0.144 e. The number of ether oxygens (including phenoxy) is 1. The number of fused-ring (bicyclic) bond motifs is 1. The van der Waals surface area contributed by atoms with Crippen LogP contribution in [0.1, 0.15) is 16.7 Å². The fourth-order valence-corrected chi connectivity index (χ4v) is 3.66. The van der Waals surface area contributed by atoms with E-state index in [-0.39, 0.29) is 6.61 Å². The van der Waals surface area contributed by atoms with E-state index in [2.05, 4.69) is 4.57 Å². The highest BCUT2D eigenvalue weighted by Gasteiger charge is 2.14. The van der Waals surface area contributed by atoms with Crippen LogP contribution in [0.4, 0.5) is 0 Å². The van der Waals surface area contributed by atoms with Crippen LogP contribution in [0, 0.1) is 0 Å². The van der Waals surface area contributed by atoms with Crippen LogP contribution in [0.3, 0.4) is 0 Å². The first kappa shape index (κ1) is 18.9. The van der Waals surface area contributed by atoms with Gasteiger partial charge in [0.2, 0.25) is 0 Å². The van der Waals surface area contributed by atoms with E-state index in [1.54, 1.807) is 6.07 Å². The Morgan fingerprint density at radius 1 is 0.857 bits per heavy atom. The van der Waals surface area contributed by atoms with E-state index in [1.807, 2.05) is 66.9 Å². The minimum Gasteiger partial charge on any atom is -0.487 e. The summed E-state index contributed by atoms with van der Waals surface area (Å²) in [6.07, 6.45) is 1.96. The molecule has 0 bridgehead atoms. The van der Waals surface area contributed by atoms with E-state index in [9.17, 15) is 5.11 Å². The fourth-order valence-electron chi connectivity index (χ4n) is 3.34. The third kappa shape index (κ3) is 3.88. The molecular formula is C23H19Cl2NO2. The molecule has 0 saturated heterocycles. The number of hydrogen-bond acceptors (Lipinski definition) is 2. The lowest BCUT2D eigenvalue weighted by molar-refractivity contribution is 0.283. The molecule has 0 spiro atoms. The molecule has 1 heterocycles. The van der Waals surface area contributed by atoms with Gasteiger partial charge in [-0.3, -0.25) is 0 Å². The molecule has 0 fully saturated rings. The first-order chi connectivity index (χ1) is 13.7. The smallest absolute Gasteiger partial charge is 0.144 e. The largest absolute Gasteiger partial charge is 0.487 e. The van der Waals surface area contributed by atoms with Crippen LogP contribution < -0.4 is 4.74 Å². The van der Waals surface area contributed by atoms with Crippen LogP contribution in [-0.2, 0) is 19.8 Å². The molecular weight excluding hydrogens is 393 g/mol. The van der Waals surface area contributed by atoms with Crippen molar-refractivity contribution in [3.63, 3.8) is 0 Å². The highest BCUT2D eigenvalue weighted by molar-refractivity contribution is 6.42. The number of benzene rings is 3. The zero-order valence-corrected chi connectivity index (χ0v) is 16.6. The number of aromatic nitrogens is 1. The quantitative estimate of drug-likeness (QED) is 0.417. The van der Waals surface area contributed by atoms with Gasteiger partial charge in [-0.05, 0) is 29.3 Å². The SMILES string of the molecule is OCc1cn(Cc2ccc(Cl)c(Cl)c2)c2c(OCc3ccccc3)cccc12. The van der Waals surface area contributed by atoms with Gasteiger partial charge in [0.25, 0.3) is 0 Å². The van der Waals surface area contributed by atoms with Gasteiger partial charge in [0.15, 0.2) is 0 Å². The predicted octanol–water partition coefficient (Wildman–Crippen LogP) is 6.07. The number of rotatable bonds is 6. The van der Waals surface area contributed by atoms with Gasteiger partial charge in [0, 0.05) is 23.7 Å². The third-order valence-electron chi connectivity index (χ3n) is 4.69. The molecule has 0 aliphatic rings. The van der Waals surface area contributed by atoms with Crippen LogP contribution in [0.5, 0.6) is 5.75 Å². The van der Waals surface area contributed by atoms with Gasteiger partial charge in [-0.25, -0.2) is 0 Å². The van der Waals surface area contributed by atoms with Gasteiger partial charge in [-0.1, -0.05) is 71.7 Å². The first-order valence-electron chi connectivity index (χ1n) is 8.98. The Hall–Kier alpha value is -2.46.